The van der Waals surface area contributed by atoms with Crippen LogP contribution in [0.15, 0.2) is 46.5 Å². The van der Waals surface area contributed by atoms with E-state index in [1.54, 1.807) is 17.7 Å². The summed E-state index contributed by atoms with van der Waals surface area (Å²) >= 11 is 5.29. The Morgan fingerprint density at radius 1 is 1.27 bits per heavy atom. The van der Waals surface area contributed by atoms with E-state index in [1.807, 2.05) is 18.2 Å². The van der Waals surface area contributed by atoms with E-state index in [-0.39, 0.29) is 0 Å². The van der Waals surface area contributed by atoms with Crippen molar-refractivity contribution >= 4 is 44.0 Å². The quantitative estimate of drug-likeness (QED) is 0.725. The van der Waals surface area contributed by atoms with Gasteiger partial charge >= 0.3 is 0 Å². The maximum Gasteiger partial charge on any atom is 0.137 e. The van der Waals surface area contributed by atoms with E-state index >= 15 is 0 Å². The molecule has 22 heavy (non-hydrogen) atoms. The number of aromatic nitrogens is 2. The van der Waals surface area contributed by atoms with Crippen LogP contribution in [0.3, 0.4) is 0 Å². The molecule has 0 aliphatic carbocycles. The number of benzene rings is 1. The van der Waals surface area contributed by atoms with Gasteiger partial charge in [0.1, 0.15) is 12.1 Å². The Morgan fingerprint density at radius 3 is 2.86 bits per heavy atom. The molecule has 3 rings (SSSR count). The molecule has 0 aliphatic heterocycles. The van der Waals surface area contributed by atoms with Gasteiger partial charge in [0.05, 0.1) is 11.6 Å². The summed E-state index contributed by atoms with van der Waals surface area (Å²) in [4.78, 5) is 12.3. The van der Waals surface area contributed by atoms with E-state index in [4.69, 9.17) is 0 Å². The highest BCUT2D eigenvalue weighted by Gasteiger charge is 2.15. The molecule has 0 fully saturated rings. The van der Waals surface area contributed by atoms with E-state index < -0.39 is 0 Å². The van der Waals surface area contributed by atoms with Crippen molar-refractivity contribution in [3.63, 3.8) is 0 Å². The van der Waals surface area contributed by atoms with Crippen LogP contribution in [-0.2, 0) is 0 Å². The SMILES string of the molecule is CN(C)C(CNc1ncnc2ccc(Br)cc12)c1cccs1. The smallest absolute Gasteiger partial charge is 0.137 e. The largest absolute Gasteiger partial charge is 0.368 e. The molecule has 0 aliphatic rings. The Morgan fingerprint density at radius 2 is 2.14 bits per heavy atom. The molecule has 0 saturated carbocycles. The lowest BCUT2D eigenvalue weighted by atomic mass is 10.2. The first-order chi connectivity index (χ1) is 10.6. The second-order valence-electron chi connectivity index (χ2n) is 5.26. The van der Waals surface area contributed by atoms with Crippen molar-refractivity contribution < 1.29 is 0 Å². The number of hydrogen-bond acceptors (Lipinski definition) is 5. The molecule has 0 bridgehead atoms. The Kier molecular flexibility index (Phi) is 4.71. The van der Waals surface area contributed by atoms with Gasteiger partial charge < -0.3 is 10.2 Å². The molecular weight excluding hydrogens is 360 g/mol. The van der Waals surface area contributed by atoms with Crippen LogP contribution >= 0.6 is 27.3 Å². The molecule has 1 N–H and O–H groups in total. The lowest BCUT2D eigenvalue weighted by molar-refractivity contribution is 0.316. The second-order valence-corrected chi connectivity index (χ2v) is 7.15. The van der Waals surface area contributed by atoms with E-state index in [1.165, 1.54) is 4.88 Å². The fourth-order valence-corrected chi connectivity index (χ4v) is 3.67. The first kappa shape index (κ1) is 15.4. The van der Waals surface area contributed by atoms with Gasteiger partial charge in [-0.25, -0.2) is 9.97 Å². The molecule has 114 valence electrons. The van der Waals surface area contributed by atoms with Gasteiger partial charge in [-0.1, -0.05) is 22.0 Å². The molecular formula is C16H17BrN4S. The van der Waals surface area contributed by atoms with Gasteiger partial charge in [0.15, 0.2) is 0 Å². The van der Waals surface area contributed by atoms with Crippen molar-refractivity contribution in [1.29, 1.82) is 0 Å². The van der Waals surface area contributed by atoms with Crippen molar-refractivity contribution in [3.8, 4) is 0 Å². The second kappa shape index (κ2) is 6.73. The van der Waals surface area contributed by atoms with Crippen LogP contribution in [0.5, 0.6) is 0 Å². The first-order valence-corrected chi connectivity index (χ1v) is 8.66. The minimum atomic E-state index is 0.317. The molecule has 0 amide bonds. The van der Waals surface area contributed by atoms with Gasteiger partial charge in [-0.05, 0) is 43.7 Å². The van der Waals surface area contributed by atoms with Crippen LogP contribution in [0.25, 0.3) is 10.9 Å². The third kappa shape index (κ3) is 3.29. The summed E-state index contributed by atoms with van der Waals surface area (Å²) < 4.78 is 1.03. The van der Waals surface area contributed by atoms with Gasteiger partial charge in [-0.3, -0.25) is 0 Å². The minimum Gasteiger partial charge on any atom is -0.368 e. The topological polar surface area (TPSA) is 41.0 Å². The van der Waals surface area contributed by atoms with Gasteiger partial charge in [0, 0.05) is 21.3 Å². The highest BCUT2D eigenvalue weighted by molar-refractivity contribution is 9.10. The standard InChI is InChI=1S/C16H17BrN4S/c1-21(2)14(15-4-3-7-22-15)9-18-16-12-8-11(17)5-6-13(12)19-10-20-16/h3-8,10,14H,9H2,1-2H3,(H,18,19,20). The van der Waals surface area contributed by atoms with Crippen LogP contribution in [0, 0.1) is 0 Å². The maximum atomic E-state index is 4.40. The lowest BCUT2D eigenvalue weighted by Gasteiger charge is -2.24. The number of nitrogens with zero attached hydrogens (tertiary/aromatic N) is 3. The van der Waals surface area contributed by atoms with Gasteiger partial charge in [0.25, 0.3) is 0 Å². The molecule has 1 atom stereocenters. The number of rotatable bonds is 5. The highest BCUT2D eigenvalue weighted by atomic mass is 79.9. The Bertz CT molecular complexity index is 758. The van der Waals surface area contributed by atoms with Gasteiger partial charge in [-0.2, -0.15) is 0 Å². The van der Waals surface area contributed by atoms with Crippen molar-refractivity contribution in [1.82, 2.24) is 14.9 Å². The minimum absolute atomic E-state index is 0.317. The zero-order valence-corrected chi connectivity index (χ0v) is 14.9. The van der Waals surface area contributed by atoms with Crippen LogP contribution < -0.4 is 5.32 Å². The molecule has 1 unspecified atom stereocenters. The van der Waals surface area contributed by atoms with Crippen molar-refractivity contribution in [2.24, 2.45) is 0 Å². The average Bonchev–Trinajstić information content (AvgIpc) is 3.01. The summed E-state index contributed by atoms with van der Waals surface area (Å²) in [6, 6.07) is 10.6. The van der Waals surface area contributed by atoms with Crippen LogP contribution in [0.4, 0.5) is 5.82 Å². The molecule has 1 aromatic carbocycles. The summed E-state index contributed by atoms with van der Waals surface area (Å²) in [5.41, 5.74) is 0.943. The third-order valence-corrected chi connectivity index (χ3v) is 5.02. The third-order valence-electron chi connectivity index (χ3n) is 3.56. The van der Waals surface area contributed by atoms with Crippen LogP contribution in [0.1, 0.15) is 10.9 Å². The predicted molar refractivity (Wildman–Crippen MR) is 96.5 cm³/mol. The lowest BCUT2D eigenvalue weighted by Crippen LogP contribution is -2.26. The molecule has 4 nitrogen and oxygen atoms in total. The molecule has 6 heteroatoms. The summed E-state index contributed by atoms with van der Waals surface area (Å²) in [7, 11) is 4.20. The number of anilines is 1. The number of likely N-dealkylation sites (N-methyl/N-ethyl adjacent to an activating group) is 1. The summed E-state index contributed by atoms with van der Waals surface area (Å²) in [6.07, 6.45) is 1.61. The van der Waals surface area contributed by atoms with Gasteiger partial charge in [-0.15, -0.1) is 11.3 Å². The Labute approximate surface area is 142 Å². The molecule has 2 heterocycles. The van der Waals surface area contributed by atoms with Crippen molar-refractivity contribution in [2.45, 2.75) is 6.04 Å². The zero-order valence-electron chi connectivity index (χ0n) is 12.5. The zero-order chi connectivity index (χ0) is 15.5. The molecule has 0 saturated heterocycles. The average molecular weight is 377 g/mol. The van der Waals surface area contributed by atoms with E-state index in [2.05, 4.69) is 67.7 Å². The fraction of sp³-hybridized carbons (Fsp3) is 0.250. The Hall–Kier alpha value is -1.50. The maximum absolute atomic E-state index is 4.40. The highest BCUT2D eigenvalue weighted by Crippen LogP contribution is 2.26. The molecule has 0 radical (unpaired) electrons. The monoisotopic (exact) mass is 376 g/mol. The van der Waals surface area contributed by atoms with E-state index in [9.17, 15) is 0 Å². The molecule has 2 aromatic heterocycles. The number of fused-ring (bicyclic) bond motifs is 1. The molecule has 3 aromatic rings. The number of nitrogens with one attached hydrogen (secondary N) is 1. The fourth-order valence-electron chi connectivity index (χ4n) is 2.38. The van der Waals surface area contributed by atoms with Crippen LogP contribution in [-0.4, -0.2) is 35.5 Å². The normalized spacial score (nSPS) is 12.7. The number of halogens is 1. The first-order valence-electron chi connectivity index (χ1n) is 6.99. The van der Waals surface area contributed by atoms with E-state index in [0.717, 1.165) is 27.7 Å². The number of thiophene rings is 1. The Balaban J connectivity index is 1.85. The van der Waals surface area contributed by atoms with E-state index in [0.29, 0.717) is 6.04 Å². The van der Waals surface area contributed by atoms with Crippen LogP contribution in [0.2, 0.25) is 0 Å². The summed E-state index contributed by atoms with van der Waals surface area (Å²) in [5.74, 6) is 0.870. The summed E-state index contributed by atoms with van der Waals surface area (Å²) in [6.45, 7) is 0.798. The van der Waals surface area contributed by atoms with Gasteiger partial charge in [0.2, 0.25) is 0 Å². The van der Waals surface area contributed by atoms with Crippen molar-refractivity contribution in [3.05, 3.63) is 51.4 Å². The predicted octanol–water partition coefficient (Wildman–Crippen LogP) is 4.17. The number of hydrogen-bond donors (Lipinski definition) is 1. The molecule has 0 spiro atoms. The summed E-state index contributed by atoms with van der Waals surface area (Å²) in [5, 5.41) is 6.62. The van der Waals surface area contributed by atoms with Crippen molar-refractivity contribution in [2.75, 3.05) is 26.0 Å².